The van der Waals surface area contributed by atoms with Gasteiger partial charge in [-0.2, -0.15) is 0 Å². The lowest BCUT2D eigenvalue weighted by Crippen LogP contribution is -2.26. The molecule has 2 aliphatic rings. The molecule has 0 amide bonds. The van der Waals surface area contributed by atoms with Crippen LogP contribution in [-0.4, -0.2) is 20.0 Å². The normalized spacial score (nSPS) is 18.7. The molecule has 2 atom stereocenters. The zero-order valence-corrected chi connectivity index (χ0v) is 18.3. The van der Waals surface area contributed by atoms with Crippen LogP contribution < -0.4 is 9.47 Å². The maximum absolute atomic E-state index is 13.3. The Hall–Kier alpha value is -2.29. The molecule has 0 aliphatic heterocycles. The van der Waals surface area contributed by atoms with Crippen molar-refractivity contribution in [3.8, 4) is 11.5 Å². The molecule has 0 bridgehead atoms. The third-order valence-electron chi connectivity index (χ3n) is 7.38. The number of carbonyl (C=O) groups excluding carboxylic acids is 1. The molecule has 2 aromatic carbocycles. The van der Waals surface area contributed by atoms with Crippen LogP contribution in [0.5, 0.6) is 11.5 Å². The summed E-state index contributed by atoms with van der Waals surface area (Å²) in [6.07, 6.45) is 8.79. The molecule has 3 heteroatoms. The molecule has 3 nitrogen and oxygen atoms in total. The molecular weight excluding hydrogens is 372 g/mol. The van der Waals surface area contributed by atoms with Crippen LogP contribution in [0.3, 0.4) is 0 Å². The van der Waals surface area contributed by atoms with Crippen molar-refractivity contribution in [2.24, 2.45) is 11.8 Å². The number of Topliss-reactive ketones (excluding diaryl/α,β-unsaturated/α-hetero) is 1. The van der Waals surface area contributed by atoms with E-state index in [-0.39, 0.29) is 0 Å². The predicted octanol–water partition coefficient (Wildman–Crippen LogP) is 6.52. The summed E-state index contributed by atoms with van der Waals surface area (Å²) >= 11 is 0. The molecule has 0 radical (unpaired) electrons. The van der Waals surface area contributed by atoms with Gasteiger partial charge in [-0.05, 0) is 84.7 Å². The van der Waals surface area contributed by atoms with E-state index in [0.29, 0.717) is 42.3 Å². The number of benzene rings is 2. The van der Waals surface area contributed by atoms with Crippen LogP contribution in [0.15, 0.2) is 48.5 Å². The Labute approximate surface area is 180 Å². The van der Waals surface area contributed by atoms with Crippen molar-refractivity contribution < 1.29 is 14.3 Å². The summed E-state index contributed by atoms with van der Waals surface area (Å²) in [5, 5.41) is 0. The van der Waals surface area contributed by atoms with Gasteiger partial charge in [-0.25, -0.2) is 0 Å². The number of hydrogen-bond donors (Lipinski definition) is 0. The number of rotatable bonds is 10. The van der Waals surface area contributed by atoms with Gasteiger partial charge in [0.1, 0.15) is 17.3 Å². The van der Waals surface area contributed by atoms with Crippen molar-refractivity contribution in [3.05, 3.63) is 59.7 Å². The van der Waals surface area contributed by atoms with Gasteiger partial charge >= 0.3 is 0 Å². The first kappa shape index (κ1) is 21.0. The van der Waals surface area contributed by atoms with Crippen LogP contribution in [0.1, 0.15) is 74.3 Å². The highest BCUT2D eigenvalue weighted by molar-refractivity contribution is 5.80. The molecule has 0 spiro atoms. The van der Waals surface area contributed by atoms with Crippen molar-refractivity contribution >= 4 is 5.78 Å². The predicted molar refractivity (Wildman–Crippen MR) is 120 cm³/mol. The van der Waals surface area contributed by atoms with E-state index >= 15 is 0 Å². The highest BCUT2D eigenvalue weighted by Crippen LogP contribution is 2.45. The molecule has 0 heterocycles. The van der Waals surface area contributed by atoms with Crippen LogP contribution in [0.25, 0.3) is 0 Å². The van der Waals surface area contributed by atoms with Gasteiger partial charge in [-0.15, -0.1) is 0 Å². The Balaban J connectivity index is 1.50. The van der Waals surface area contributed by atoms with Gasteiger partial charge in [-0.1, -0.05) is 37.1 Å². The van der Waals surface area contributed by atoms with Gasteiger partial charge in [-0.3, -0.25) is 4.79 Å². The lowest BCUT2D eigenvalue weighted by molar-refractivity contribution is -0.120. The van der Waals surface area contributed by atoms with E-state index in [1.165, 1.54) is 49.7 Å². The molecule has 0 unspecified atom stereocenters. The molecule has 0 aromatic heterocycles. The smallest absolute Gasteiger partial charge is 0.134 e. The molecule has 30 heavy (non-hydrogen) atoms. The molecule has 2 fully saturated rings. The van der Waals surface area contributed by atoms with E-state index in [4.69, 9.17) is 9.47 Å². The SMILES string of the molecule is COc1cccc([C@H](CC(=O)C[C@@H](c2cccc(OC)c2)C2CCC2)C2CCC2)c1. The Kier molecular flexibility index (Phi) is 6.76. The van der Waals surface area contributed by atoms with Crippen LogP contribution in [0.4, 0.5) is 0 Å². The van der Waals surface area contributed by atoms with Gasteiger partial charge in [0, 0.05) is 12.8 Å². The summed E-state index contributed by atoms with van der Waals surface area (Å²) < 4.78 is 10.9. The van der Waals surface area contributed by atoms with Crippen molar-refractivity contribution in [2.75, 3.05) is 14.2 Å². The summed E-state index contributed by atoms with van der Waals surface area (Å²) in [4.78, 5) is 13.3. The Morgan fingerprint density at radius 3 is 1.57 bits per heavy atom. The molecule has 2 aromatic rings. The van der Waals surface area contributed by atoms with E-state index in [2.05, 4.69) is 36.4 Å². The number of methoxy groups -OCH3 is 2. The van der Waals surface area contributed by atoms with Gasteiger partial charge in [0.25, 0.3) is 0 Å². The van der Waals surface area contributed by atoms with Crippen LogP contribution in [-0.2, 0) is 4.79 Å². The van der Waals surface area contributed by atoms with E-state index in [0.717, 1.165) is 11.5 Å². The second kappa shape index (κ2) is 9.68. The van der Waals surface area contributed by atoms with Crippen LogP contribution in [0, 0.1) is 11.8 Å². The standard InChI is InChI=1S/C27H34O3/c1-29-24-13-5-11-21(15-24)26(19-7-3-8-19)17-23(28)18-27(20-9-4-10-20)22-12-6-14-25(16-22)30-2/h5-6,11-16,19-20,26-27H,3-4,7-10,17-18H2,1-2H3/t26-,27-/m1/s1. The lowest BCUT2D eigenvalue weighted by Gasteiger charge is -2.36. The average molecular weight is 407 g/mol. The maximum atomic E-state index is 13.3. The minimum atomic E-state index is 0.314. The van der Waals surface area contributed by atoms with Crippen molar-refractivity contribution in [3.63, 3.8) is 0 Å². The molecule has 0 saturated heterocycles. The summed E-state index contributed by atoms with van der Waals surface area (Å²) in [5.41, 5.74) is 2.52. The van der Waals surface area contributed by atoms with Crippen molar-refractivity contribution in [2.45, 2.75) is 63.2 Å². The summed E-state index contributed by atoms with van der Waals surface area (Å²) in [6.45, 7) is 0. The highest BCUT2D eigenvalue weighted by Gasteiger charge is 2.34. The van der Waals surface area contributed by atoms with Gasteiger partial charge in [0.05, 0.1) is 14.2 Å². The largest absolute Gasteiger partial charge is 0.497 e. The fraction of sp³-hybridized carbons (Fsp3) is 0.519. The first-order valence-corrected chi connectivity index (χ1v) is 11.5. The fourth-order valence-electron chi connectivity index (χ4n) is 5.12. The van der Waals surface area contributed by atoms with Gasteiger partial charge in [0.2, 0.25) is 0 Å². The van der Waals surface area contributed by atoms with Crippen LogP contribution >= 0.6 is 0 Å². The zero-order valence-electron chi connectivity index (χ0n) is 18.3. The fourth-order valence-corrected chi connectivity index (χ4v) is 5.12. The van der Waals surface area contributed by atoms with E-state index in [1.54, 1.807) is 14.2 Å². The Bertz CT molecular complexity index is 781. The number of hydrogen-bond acceptors (Lipinski definition) is 3. The monoisotopic (exact) mass is 406 g/mol. The maximum Gasteiger partial charge on any atom is 0.134 e. The van der Waals surface area contributed by atoms with E-state index in [1.807, 2.05) is 12.1 Å². The first-order valence-electron chi connectivity index (χ1n) is 11.5. The molecule has 160 valence electrons. The summed E-state index contributed by atoms with van der Waals surface area (Å²) in [6, 6.07) is 16.7. The zero-order chi connectivity index (χ0) is 20.9. The number of ketones is 1. The minimum absolute atomic E-state index is 0.314. The third kappa shape index (κ3) is 4.71. The van der Waals surface area contributed by atoms with E-state index in [9.17, 15) is 4.79 Å². The number of carbonyl (C=O) groups is 1. The molecule has 4 rings (SSSR count). The van der Waals surface area contributed by atoms with E-state index < -0.39 is 0 Å². The topological polar surface area (TPSA) is 35.5 Å². The second-order valence-corrected chi connectivity index (χ2v) is 9.10. The average Bonchev–Trinajstić information content (AvgIpc) is 2.70. The second-order valence-electron chi connectivity index (χ2n) is 9.10. The summed E-state index contributed by atoms with van der Waals surface area (Å²) in [5.74, 6) is 4.04. The van der Waals surface area contributed by atoms with Gasteiger partial charge < -0.3 is 9.47 Å². The Morgan fingerprint density at radius 2 is 1.23 bits per heavy atom. The quantitative estimate of drug-likeness (QED) is 0.450. The molecule has 2 saturated carbocycles. The van der Waals surface area contributed by atoms with Crippen molar-refractivity contribution in [1.82, 2.24) is 0 Å². The van der Waals surface area contributed by atoms with Crippen LogP contribution in [0.2, 0.25) is 0 Å². The molecule has 0 N–H and O–H groups in total. The lowest BCUT2D eigenvalue weighted by atomic mass is 9.68. The summed E-state index contributed by atoms with van der Waals surface area (Å²) in [7, 11) is 3.42. The number of ether oxygens (including phenoxy) is 2. The Morgan fingerprint density at radius 1 is 0.800 bits per heavy atom. The van der Waals surface area contributed by atoms with Gasteiger partial charge in [0.15, 0.2) is 0 Å². The highest BCUT2D eigenvalue weighted by atomic mass is 16.5. The first-order chi connectivity index (χ1) is 14.7. The molecule has 2 aliphatic carbocycles. The molecular formula is C27H34O3. The van der Waals surface area contributed by atoms with Crippen molar-refractivity contribution in [1.29, 1.82) is 0 Å². The third-order valence-corrected chi connectivity index (χ3v) is 7.38. The minimum Gasteiger partial charge on any atom is -0.497 e.